The van der Waals surface area contributed by atoms with E-state index in [0.29, 0.717) is 12.0 Å². The molecule has 0 heterocycles. The van der Waals surface area contributed by atoms with Crippen LogP contribution in [0.25, 0.3) is 0 Å². The lowest BCUT2D eigenvalue weighted by atomic mass is 9.79. The van der Waals surface area contributed by atoms with Crippen LogP contribution < -0.4 is 0 Å². The average molecular weight is 244 g/mol. The number of rotatable bonds is 6. The minimum Gasteiger partial charge on any atom is -0.396 e. The molecule has 0 saturated heterocycles. The van der Waals surface area contributed by atoms with E-state index in [1.54, 1.807) is 0 Å². The Balaban J connectivity index is 2.92. The lowest BCUT2D eigenvalue weighted by Gasteiger charge is -2.29. The summed E-state index contributed by atoms with van der Waals surface area (Å²) < 4.78 is 26.1. The maximum Gasteiger partial charge on any atom is 0.126 e. The number of hydrogen-bond acceptors (Lipinski definition) is 2. The van der Waals surface area contributed by atoms with Crippen molar-refractivity contribution in [3.8, 4) is 0 Å². The number of hydrogen-bond donors (Lipinski definition) is 2. The van der Waals surface area contributed by atoms with Crippen molar-refractivity contribution in [2.75, 3.05) is 13.2 Å². The van der Waals surface area contributed by atoms with Crippen LogP contribution in [0, 0.1) is 17.0 Å². The zero-order valence-electron chi connectivity index (χ0n) is 9.92. The van der Waals surface area contributed by atoms with E-state index in [2.05, 4.69) is 0 Å². The molecule has 0 spiro atoms. The Morgan fingerprint density at radius 3 is 2.00 bits per heavy atom. The highest BCUT2D eigenvalue weighted by molar-refractivity contribution is 5.19. The third-order valence-corrected chi connectivity index (χ3v) is 2.95. The highest BCUT2D eigenvalue weighted by Crippen LogP contribution is 2.28. The second kappa shape index (κ2) is 6.07. The van der Waals surface area contributed by atoms with E-state index >= 15 is 0 Å². The van der Waals surface area contributed by atoms with Gasteiger partial charge >= 0.3 is 0 Å². The summed E-state index contributed by atoms with van der Waals surface area (Å²) in [7, 11) is 0. The summed E-state index contributed by atoms with van der Waals surface area (Å²) in [6, 6.07) is 3.28. The summed E-state index contributed by atoms with van der Waals surface area (Å²) in [6.07, 6.45) is 1.67. The third kappa shape index (κ3) is 3.75. The minimum absolute atomic E-state index is 0.199. The SMILES string of the molecule is CCCC(CO)(CO)Cc1cc(F)cc(F)c1. The summed E-state index contributed by atoms with van der Waals surface area (Å²) in [5, 5.41) is 18.7. The van der Waals surface area contributed by atoms with Crippen LogP contribution in [0.3, 0.4) is 0 Å². The molecular formula is C13H18F2O2. The van der Waals surface area contributed by atoms with E-state index in [9.17, 15) is 19.0 Å². The molecule has 0 bridgehead atoms. The second-order valence-corrected chi connectivity index (χ2v) is 4.52. The van der Waals surface area contributed by atoms with Crippen molar-refractivity contribution in [1.82, 2.24) is 0 Å². The van der Waals surface area contributed by atoms with Crippen molar-refractivity contribution in [2.24, 2.45) is 5.41 Å². The predicted octanol–water partition coefficient (Wildman–Crippen LogP) is 2.28. The molecule has 4 heteroatoms. The molecule has 1 rings (SSSR count). The largest absolute Gasteiger partial charge is 0.396 e. The molecule has 0 amide bonds. The maximum atomic E-state index is 13.0. The molecule has 2 nitrogen and oxygen atoms in total. The van der Waals surface area contributed by atoms with Gasteiger partial charge in [0.2, 0.25) is 0 Å². The summed E-state index contributed by atoms with van der Waals surface area (Å²) in [6.45, 7) is 1.54. The molecule has 0 unspecified atom stereocenters. The van der Waals surface area contributed by atoms with Crippen LogP contribution in [0.4, 0.5) is 8.78 Å². The molecule has 2 N–H and O–H groups in total. The Kier molecular flexibility index (Phi) is 5.02. The van der Waals surface area contributed by atoms with Crippen molar-refractivity contribution in [3.05, 3.63) is 35.4 Å². The standard InChI is InChI=1S/C13H18F2O2/c1-2-3-13(8-16,9-17)7-10-4-11(14)6-12(15)5-10/h4-6,16-17H,2-3,7-9H2,1H3. The van der Waals surface area contributed by atoms with Crippen LogP contribution in [0.5, 0.6) is 0 Å². The monoisotopic (exact) mass is 244 g/mol. The fourth-order valence-electron chi connectivity index (χ4n) is 2.08. The molecule has 17 heavy (non-hydrogen) atoms. The van der Waals surface area contributed by atoms with Crippen molar-refractivity contribution in [2.45, 2.75) is 26.2 Å². The van der Waals surface area contributed by atoms with Crippen molar-refractivity contribution < 1.29 is 19.0 Å². The summed E-state index contributed by atoms with van der Waals surface area (Å²) in [5.41, 5.74) is -0.242. The zero-order valence-corrected chi connectivity index (χ0v) is 9.92. The van der Waals surface area contributed by atoms with Gasteiger partial charge in [-0.3, -0.25) is 0 Å². The number of halogens is 2. The number of aliphatic hydroxyl groups excluding tert-OH is 2. The van der Waals surface area contributed by atoms with Crippen LogP contribution in [-0.4, -0.2) is 23.4 Å². The zero-order chi connectivity index (χ0) is 12.9. The summed E-state index contributed by atoms with van der Waals surface area (Å²) >= 11 is 0. The van der Waals surface area contributed by atoms with E-state index in [1.807, 2.05) is 6.92 Å². The van der Waals surface area contributed by atoms with Crippen LogP contribution in [-0.2, 0) is 6.42 Å². The van der Waals surface area contributed by atoms with Crippen molar-refractivity contribution in [3.63, 3.8) is 0 Å². The highest BCUT2D eigenvalue weighted by Gasteiger charge is 2.28. The number of aliphatic hydroxyl groups is 2. The fourth-order valence-corrected chi connectivity index (χ4v) is 2.08. The molecule has 0 saturated carbocycles. The topological polar surface area (TPSA) is 40.5 Å². The van der Waals surface area contributed by atoms with Gasteiger partial charge in [0.25, 0.3) is 0 Å². The molecule has 0 aliphatic rings. The molecule has 0 fully saturated rings. The van der Waals surface area contributed by atoms with Crippen molar-refractivity contribution in [1.29, 1.82) is 0 Å². The van der Waals surface area contributed by atoms with Gasteiger partial charge in [0.1, 0.15) is 11.6 Å². The van der Waals surface area contributed by atoms with Crippen LogP contribution in [0.1, 0.15) is 25.3 Å². The summed E-state index contributed by atoms with van der Waals surface area (Å²) in [5.74, 6) is -1.28. The Morgan fingerprint density at radius 2 is 1.59 bits per heavy atom. The molecule has 1 aromatic rings. The van der Waals surface area contributed by atoms with Gasteiger partial charge in [0, 0.05) is 11.5 Å². The van der Waals surface area contributed by atoms with Gasteiger partial charge in [-0.2, -0.15) is 0 Å². The Labute approximate surface area is 99.9 Å². The first-order chi connectivity index (χ1) is 8.05. The van der Waals surface area contributed by atoms with E-state index in [0.717, 1.165) is 12.5 Å². The van der Waals surface area contributed by atoms with E-state index in [4.69, 9.17) is 0 Å². The lowest BCUT2D eigenvalue weighted by molar-refractivity contribution is 0.0465. The molecule has 96 valence electrons. The fraction of sp³-hybridized carbons (Fsp3) is 0.538. The van der Waals surface area contributed by atoms with Gasteiger partial charge in [0.05, 0.1) is 13.2 Å². The molecule has 0 aliphatic heterocycles. The smallest absolute Gasteiger partial charge is 0.126 e. The van der Waals surface area contributed by atoms with Crippen LogP contribution in [0.15, 0.2) is 18.2 Å². The predicted molar refractivity (Wildman–Crippen MR) is 61.6 cm³/mol. The minimum atomic E-state index is -0.699. The third-order valence-electron chi connectivity index (χ3n) is 2.95. The molecular weight excluding hydrogens is 226 g/mol. The van der Waals surface area contributed by atoms with E-state index < -0.39 is 17.0 Å². The van der Waals surface area contributed by atoms with Gasteiger partial charge in [0.15, 0.2) is 0 Å². The Hall–Kier alpha value is -1.00. The van der Waals surface area contributed by atoms with Crippen LogP contribution in [0.2, 0.25) is 0 Å². The molecule has 0 aliphatic carbocycles. The highest BCUT2D eigenvalue weighted by atomic mass is 19.1. The lowest BCUT2D eigenvalue weighted by Crippen LogP contribution is -2.32. The van der Waals surface area contributed by atoms with Gasteiger partial charge in [-0.25, -0.2) is 8.78 Å². The molecule has 0 aromatic heterocycles. The van der Waals surface area contributed by atoms with Crippen LogP contribution >= 0.6 is 0 Å². The quantitative estimate of drug-likeness (QED) is 0.806. The van der Waals surface area contributed by atoms with Gasteiger partial charge in [-0.05, 0) is 30.5 Å². The molecule has 1 aromatic carbocycles. The van der Waals surface area contributed by atoms with Gasteiger partial charge < -0.3 is 10.2 Å². The second-order valence-electron chi connectivity index (χ2n) is 4.52. The summed E-state index contributed by atoms with van der Waals surface area (Å²) in [4.78, 5) is 0. The van der Waals surface area contributed by atoms with Gasteiger partial charge in [-0.15, -0.1) is 0 Å². The number of benzene rings is 1. The first kappa shape index (κ1) is 14.1. The molecule has 0 atom stereocenters. The van der Waals surface area contributed by atoms with Gasteiger partial charge in [-0.1, -0.05) is 13.3 Å². The first-order valence-electron chi connectivity index (χ1n) is 5.72. The Bertz CT molecular complexity index is 342. The van der Waals surface area contributed by atoms with E-state index in [-0.39, 0.29) is 19.6 Å². The maximum absolute atomic E-state index is 13.0. The van der Waals surface area contributed by atoms with Crippen molar-refractivity contribution >= 4 is 0 Å². The Morgan fingerprint density at radius 1 is 1.06 bits per heavy atom. The first-order valence-corrected chi connectivity index (χ1v) is 5.72. The molecule has 0 radical (unpaired) electrons. The average Bonchev–Trinajstić information content (AvgIpc) is 2.27. The normalized spacial score (nSPS) is 11.8. The van der Waals surface area contributed by atoms with E-state index in [1.165, 1.54) is 12.1 Å².